The third-order valence-electron chi connectivity index (χ3n) is 4.63. The Kier molecular flexibility index (Phi) is 4.47. The second-order valence-corrected chi connectivity index (χ2v) is 6.85. The Morgan fingerprint density at radius 1 is 1.19 bits per heavy atom. The molecule has 2 aromatic carbocycles. The van der Waals surface area contributed by atoms with E-state index in [4.69, 9.17) is 11.6 Å². The van der Waals surface area contributed by atoms with Gasteiger partial charge in [0, 0.05) is 28.8 Å². The molecular weight excluding hydrogens is 353 g/mol. The summed E-state index contributed by atoms with van der Waals surface area (Å²) in [6.45, 7) is 0.206. The first kappa shape index (κ1) is 16.8. The lowest BCUT2D eigenvalue weighted by Gasteiger charge is -2.06. The van der Waals surface area contributed by atoms with Gasteiger partial charge < -0.3 is 5.32 Å². The van der Waals surface area contributed by atoms with Crippen molar-refractivity contribution in [2.75, 3.05) is 5.32 Å². The molecule has 4 rings (SSSR count). The summed E-state index contributed by atoms with van der Waals surface area (Å²) in [5.74, 6) is 0.301. The van der Waals surface area contributed by atoms with Gasteiger partial charge in [-0.25, -0.2) is 4.39 Å². The van der Waals surface area contributed by atoms with Crippen molar-refractivity contribution < 1.29 is 9.18 Å². The highest BCUT2D eigenvalue weighted by atomic mass is 35.5. The van der Waals surface area contributed by atoms with Crippen LogP contribution in [-0.4, -0.2) is 15.7 Å². The summed E-state index contributed by atoms with van der Waals surface area (Å²) in [4.78, 5) is 12.4. The molecule has 2 unspecified atom stereocenters. The standard InChI is InChI=1S/C20H17ClFN3O/c21-17-7-4-8-18(22)16(17)12-25-10-9-19(24-25)23-20(26)15-11-14(15)13-5-2-1-3-6-13/h1-10,14-15H,11-12H2,(H,23,24,26). The highest BCUT2D eigenvalue weighted by Gasteiger charge is 2.43. The lowest BCUT2D eigenvalue weighted by molar-refractivity contribution is -0.117. The molecule has 6 heteroatoms. The maximum Gasteiger partial charge on any atom is 0.229 e. The van der Waals surface area contributed by atoms with Crippen LogP contribution in [0.15, 0.2) is 60.8 Å². The minimum Gasteiger partial charge on any atom is -0.309 e. The molecule has 1 aromatic heterocycles. The van der Waals surface area contributed by atoms with Crippen LogP contribution in [0.5, 0.6) is 0 Å². The molecule has 4 nitrogen and oxygen atoms in total. The van der Waals surface area contributed by atoms with Gasteiger partial charge in [-0.3, -0.25) is 9.48 Å². The monoisotopic (exact) mass is 369 g/mol. The molecule has 0 spiro atoms. The molecular formula is C20H17ClFN3O. The second-order valence-electron chi connectivity index (χ2n) is 6.45. The molecule has 0 aliphatic heterocycles. The van der Waals surface area contributed by atoms with Crippen LogP contribution < -0.4 is 5.32 Å². The van der Waals surface area contributed by atoms with E-state index in [0.29, 0.717) is 16.4 Å². The summed E-state index contributed by atoms with van der Waals surface area (Å²) in [7, 11) is 0. The number of aromatic nitrogens is 2. The highest BCUT2D eigenvalue weighted by molar-refractivity contribution is 6.31. The lowest BCUT2D eigenvalue weighted by Crippen LogP contribution is -2.15. The zero-order chi connectivity index (χ0) is 18.1. The maximum absolute atomic E-state index is 13.9. The Morgan fingerprint density at radius 2 is 2.00 bits per heavy atom. The average Bonchev–Trinajstić information content (AvgIpc) is 3.33. The van der Waals surface area contributed by atoms with E-state index in [2.05, 4.69) is 10.4 Å². The fourth-order valence-electron chi connectivity index (χ4n) is 3.13. The quantitative estimate of drug-likeness (QED) is 0.721. The summed E-state index contributed by atoms with van der Waals surface area (Å²) < 4.78 is 15.4. The van der Waals surface area contributed by atoms with Crippen molar-refractivity contribution in [3.8, 4) is 0 Å². The number of benzene rings is 2. The summed E-state index contributed by atoms with van der Waals surface area (Å²) >= 11 is 6.04. The Labute approximate surface area is 155 Å². The third-order valence-corrected chi connectivity index (χ3v) is 4.98. The van der Waals surface area contributed by atoms with Crippen LogP contribution >= 0.6 is 11.6 Å². The molecule has 26 heavy (non-hydrogen) atoms. The van der Waals surface area contributed by atoms with Crippen LogP contribution in [0.2, 0.25) is 5.02 Å². The van der Waals surface area contributed by atoms with Crippen LogP contribution in [0, 0.1) is 11.7 Å². The molecule has 2 atom stereocenters. The van der Waals surface area contributed by atoms with Gasteiger partial charge in [0.05, 0.1) is 6.54 Å². The van der Waals surface area contributed by atoms with Crippen LogP contribution in [-0.2, 0) is 11.3 Å². The summed E-state index contributed by atoms with van der Waals surface area (Å²) in [5.41, 5.74) is 1.56. The number of nitrogens with zero attached hydrogens (tertiary/aromatic N) is 2. The predicted molar refractivity (Wildman–Crippen MR) is 98.7 cm³/mol. The molecule has 132 valence electrons. The number of rotatable bonds is 5. The molecule has 0 radical (unpaired) electrons. The summed E-state index contributed by atoms with van der Waals surface area (Å²) in [5, 5.41) is 7.49. The van der Waals surface area contributed by atoms with Crippen LogP contribution in [0.3, 0.4) is 0 Å². The molecule has 0 saturated heterocycles. The molecule has 1 aliphatic rings. The number of nitrogens with one attached hydrogen (secondary N) is 1. The van der Waals surface area contributed by atoms with E-state index in [-0.39, 0.29) is 30.1 Å². The first-order valence-corrected chi connectivity index (χ1v) is 8.82. The number of amides is 1. The number of hydrogen-bond acceptors (Lipinski definition) is 2. The van der Waals surface area contributed by atoms with E-state index in [0.717, 1.165) is 6.42 Å². The van der Waals surface area contributed by atoms with E-state index in [1.807, 2.05) is 30.3 Å². The Bertz CT molecular complexity index is 921. The Balaban J connectivity index is 1.39. The first-order chi connectivity index (χ1) is 12.6. The maximum atomic E-state index is 13.9. The predicted octanol–water partition coefficient (Wildman–Crippen LogP) is 4.47. The van der Waals surface area contributed by atoms with E-state index >= 15 is 0 Å². The number of carbonyl (C=O) groups excluding carboxylic acids is 1. The molecule has 1 heterocycles. The van der Waals surface area contributed by atoms with Gasteiger partial charge in [-0.1, -0.05) is 48.0 Å². The Morgan fingerprint density at radius 3 is 2.77 bits per heavy atom. The molecule has 1 fully saturated rings. The van der Waals surface area contributed by atoms with Crippen LogP contribution in [0.4, 0.5) is 10.2 Å². The van der Waals surface area contributed by atoms with E-state index < -0.39 is 0 Å². The first-order valence-electron chi connectivity index (χ1n) is 8.44. The van der Waals surface area contributed by atoms with E-state index in [1.54, 1.807) is 29.1 Å². The van der Waals surface area contributed by atoms with Gasteiger partial charge in [0.1, 0.15) is 5.82 Å². The van der Waals surface area contributed by atoms with Gasteiger partial charge in [-0.05, 0) is 30.0 Å². The minimum atomic E-state index is -0.373. The molecule has 1 saturated carbocycles. The zero-order valence-corrected chi connectivity index (χ0v) is 14.7. The SMILES string of the molecule is O=C(Nc1ccn(Cc2c(F)cccc2Cl)n1)C1CC1c1ccccc1. The molecule has 1 N–H and O–H groups in total. The van der Waals surface area contributed by atoms with Gasteiger partial charge in [0.25, 0.3) is 0 Å². The van der Waals surface area contributed by atoms with Crippen LogP contribution in [0.25, 0.3) is 0 Å². The average molecular weight is 370 g/mol. The van der Waals surface area contributed by atoms with Crippen molar-refractivity contribution >= 4 is 23.3 Å². The summed E-state index contributed by atoms with van der Waals surface area (Å²) in [6, 6.07) is 16.3. The topological polar surface area (TPSA) is 46.9 Å². The smallest absolute Gasteiger partial charge is 0.229 e. The number of halogens is 2. The van der Waals surface area contributed by atoms with Crippen molar-refractivity contribution in [3.63, 3.8) is 0 Å². The van der Waals surface area contributed by atoms with Gasteiger partial charge in [-0.15, -0.1) is 0 Å². The zero-order valence-electron chi connectivity index (χ0n) is 13.9. The lowest BCUT2D eigenvalue weighted by atomic mass is 10.1. The van der Waals surface area contributed by atoms with Gasteiger partial charge in [0.15, 0.2) is 5.82 Å². The van der Waals surface area contributed by atoms with E-state index in [9.17, 15) is 9.18 Å². The molecule has 1 aliphatic carbocycles. The van der Waals surface area contributed by atoms with Gasteiger partial charge in [0.2, 0.25) is 5.91 Å². The van der Waals surface area contributed by atoms with Crippen LogP contribution in [0.1, 0.15) is 23.5 Å². The molecule has 3 aromatic rings. The van der Waals surface area contributed by atoms with E-state index in [1.165, 1.54) is 11.6 Å². The van der Waals surface area contributed by atoms with Crippen molar-refractivity contribution in [1.82, 2.24) is 9.78 Å². The largest absolute Gasteiger partial charge is 0.309 e. The normalized spacial score (nSPS) is 18.5. The molecule has 0 bridgehead atoms. The van der Waals surface area contributed by atoms with Crippen molar-refractivity contribution in [1.29, 1.82) is 0 Å². The minimum absolute atomic E-state index is 0.0245. The number of hydrogen-bond donors (Lipinski definition) is 1. The third kappa shape index (κ3) is 3.48. The molecule has 1 amide bonds. The second kappa shape index (κ2) is 6.92. The fraction of sp³-hybridized carbons (Fsp3) is 0.200. The van der Waals surface area contributed by atoms with Crippen molar-refractivity contribution in [2.24, 2.45) is 5.92 Å². The fourth-order valence-corrected chi connectivity index (χ4v) is 3.36. The van der Waals surface area contributed by atoms with Gasteiger partial charge >= 0.3 is 0 Å². The summed E-state index contributed by atoms with van der Waals surface area (Å²) in [6.07, 6.45) is 2.54. The van der Waals surface area contributed by atoms with Gasteiger partial charge in [-0.2, -0.15) is 5.10 Å². The van der Waals surface area contributed by atoms with Crippen molar-refractivity contribution in [3.05, 3.63) is 82.8 Å². The number of anilines is 1. The number of carbonyl (C=O) groups is 1. The Hall–Kier alpha value is -2.66. The highest BCUT2D eigenvalue weighted by Crippen LogP contribution is 2.47. The van der Waals surface area contributed by atoms with Crippen molar-refractivity contribution in [2.45, 2.75) is 18.9 Å².